The van der Waals surface area contributed by atoms with Gasteiger partial charge < -0.3 is 10.1 Å². The number of carbonyl (C=O) groups excluding carboxylic acids is 2. The Kier molecular flexibility index (Phi) is 4.99. The first-order valence-electron chi connectivity index (χ1n) is 6.84. The van der Waals surface area contributed by atoms with Crippen LogP contribution in [0, 0.1) is 0 Å². The van der Waals surface area contributed by atoms with E-state index in [4.69, 9.17) is 28.6 Å². The second-order valence-electron chi connectivity index (χ2n) is 4.82. The minimum Gasteiger partial charge on any atom is -0.423 e. The maximum Gasteiger partial charge on any atom is 0.343 e. The predicted molar refractivity (Wildman–Crippen MR) is 99.2 cm³/mol. The molecule has 0 aliphatic carbocycles. The molecule has 0 atom stereocenters. The first kappa shape index (κ1) is 16.7. The molecule has 1 amide bonds. The molecule has 1 aliphatic rings. The Morgan fingerprint density at radius 3 is 2.62 bits per heavy atom. The van der Waals surface area contributed by atoms with Gasteiger partial charge >= 0.3 is 5.97 Å². The highest BCUT2D eigenvalue weighted by Gasteiger charge is 2.21. The maximum atomic E-state index is 12.1. The number of carbonyl (C=O) groups is 2. The van der Waals surface area contributed by atoms with E-state index in [2.05, 4.69) is 5.32 Å². The quantitative estimate of drug-likeness (QED) is 0.379. The summed E-state index contributed by atoms with van der Waals surface area (Å²) in [6.45, 7) is 0. The van der Waals surface area contributed by atoms with Gasteiger partial charge in [0.1, 0.15) is 10.1 Å². The van der Waals surface area contributed by atoms with Crippen molar-refractivity contribution in [2.24, 2.45) is 0 Å². The molecule has 0 unspecified atom stereocenters. The molecule has 1 N–H and O–H groups in total. The van der Waals surface area contributed by atoms with Crippen LogP contribution in [0.15, 0.2) is 53.4 Å². The Morgan fingerprint density at radius 2 is 1.96 bits per heavy atom. The summed E-state index contributed by atoms with van der Waals surface area (Å²) >= 11 is 11.9. The number of benzene rings is 2. The Balaban J connectivity index is 1.77. The minimum atomic E-state index is -0.481. The van der Waals surface area contributed by atoms with Crippen molar-refractivity contribution in [2.45, 2.75) is 0 Å². The molecule has 1 aliphatic heterocycles. The summed E-state index contributed by atoms with van der Waals surface area (Å²) in [5, 5.41) is 3.10. The highest BCUT2D eigenvalue weighted by atomic mass is 35.5. The van der Waals surface area contributed by atoms with Gasteiger partial charge in [0.15, 0.2) is 0 Å². The zero-order chi connectivity index (χ0) is 17.1. The molecule has 3 rings (SSSR count). The summed E-state index contributed by atoms with van der Waals surface area (Å²) in [5.41, 5.74) is 1.14. The summed E-state index contributed by atoms with van der Waals surface area (Å²) in [7, 11) is 0. The Bertz CT molecular complexity index is 862. The van der Waals surface area contributed by atoms with E-state index in [0.717, 1.165) is 5.56 Å². The molecule has 0 radical (unpaired) electrons. The van der Waals surface area contributed by atoms with Gasteiger partial charge in [-0.3, -0.25) is 4.79 Å². The van der Waals surface area contributed by atoms with Crippen molar-refractivity contribution in [1.82, 2.24) is 5.32 Å². The molecule has 120 valence electrons. The topological polar surface area (TPSA) is 55.4 Å². The summed E-state index contributed by atoms with van der Waals surface area (Å²) < 4.78 is 5.78. The lowest BCUT2D eigenvalue weighted by molar-refractivity contribution is -0.115. The van der Waals surface area contributed by atoms with E-state index in [1.54, 1.807) is 48.5 Å². The second-order valence-corrected chi connectivity index (χ2v) is 6.98. The number of hydrogen-bond donors (Lipinski definition) is 1. The zero-order valence-electron chi connectivity index (χ0n) is 12.1. The smallest absolute Gasteiger partial charge is 0.343 e. The second kappa shape index (κ2) is 7.17. The average Bonchev–Trinajstić information content (AvgIpc) is 2.86. The fraction of sp³-hybridized carbons (Fsp3) is 0. The van der Waals surface area contributed by atoms with Crippen molar-refractivity contribution in [3.8, 4) is 5.75 Å². The number of nitrogens with one attached hydrogen (secondary N) is 1. The van der Waals surface area contributed by atoms with E-state index in [-0.39, 0.29) is 5.91 Å². The molecule has 2 aromatic rings. The molecule has 1 fully saturated rings. The van der Waals surface area contributed by atoms with Gasteiger partial charge in [-0.1, -0.05) is 47.7 Å². The van der Waals surface area contributed by atoms with Gasteiger partial charge in [0.2, 0.25) is 0 Å². The number of thiocarbonyl (C=S) groups is 1. The van der Waals surface area contributed by atoms with Crippen LogP contribution in [0.1, 0.15) is 15.9 Å². The molecular formula is C17H10ClNO3S2. The minimum absolute atomic E-state index is 0.228. The van der Waals surface area contributed by atoms with Gasteiger partial charge in [-0.15, -0.1) is 0 Å². The van der Waals surface area contributed by atoms with E-state index < -0.39 is 5.97 Å². The van der Waals surface area contributed by atoms with E-state index in [0.29, 0.717) is 25.6 Å². The van der Waals surface area contributed by atoms with Crippen LogP contribution in [-0.2, 0) is 4.79 Å². The summed E-state index contributed by atoms with van der Waals surface area (Å²) in [4.78, 5) is 24.3. The maximum absolute atomic E-state index is 12.1. The molecule has 1 heterocycles. The Hall–Kier alpha value is -2.15. The first-order valence-corrected chi connectivity index (χ1v) is 8.44. The van der Waals surface area contributed by atoms with Crippen LogP contribution >= 0.6 is 35.6 Å². The molecule has 4 nitrogen and oxygen atoms in total. The number of thioether (sulfide) groups is 1. The predicted octanol–water partition coefficient (Wildman–Crippen LogP) is 4.05. The summed E-state index contributed by atoms with van der Waals surface area (Å²) in [6, 6.07) is 13.3. The third-order valence-corrected chi connectivity index (χ3v) is 4.50. The molecule has 7 heteroatoms. The number of amides is 1. The number of esters is 1. The fourth-order valence-electron chi connectivity index (χ4n) is 1.99. The third-order valence-electron chi connectivity index (χ3n) is 3.09. The Labute approximate surface area is 152 Å². The van der Waals surface area contributed by atoms with Crippen LogP contribution in [0.2, 0.25) is 5.02 Å². The standard InChI is InChI=1S/C17H10ClNO3S2/c18-12-6-4-11(5-7-12)16(21)22-13-3-1-2-10(8-13)9-14-15(20)19-17(23)24-14/h1-9H,(H,19,20,23). The van der Waals surface area contributed by atoms with Crippen molar-refractivity contribution < 1.29 is 14.3 Å². The van der Waals surface area contributed by atoms with Crippen molar-refractivity contribution >= 4 is 57.9 Å². The average molecular weight is 376 g/mol. The molecule has 0 saturated carbocycles. The fourth-order valence-corrected chi connectivity index (χ4v) is 3.16. The van der Waals surface area contributed by atoms with Gasteiger partial charge in [-0.05, 0) is 48.0 Å². The molecule has 1 saturated heterocycles. The van der Waals surface area contributed by atoms with Crippen molar-refractivity contribution in [3.63, 3.8) is 0 Å². The zero-order valence-corrected chi connectivity index (χ0v) is 14.5. The molecule has 0 aromatic heterocycles. The summed E-state index contributed by atoms with van der Waals surface area (Å²) in [5.74, 6) is -0.325. The van der Waals surface area contributed by atoms with Gasteiger partial charge in [0.05, 0.1) is 10.5 Å². The van der Waals surface area contributed by atoms with Crippen LogP contribution in [0.3, 0.4) is 0 Å². The number of hydrogen-bond acceptors (Lipinski definition) is 5. The largest absolute Gasteiger partial charge is 0.423 e. The van der Waals surface area contributed by atoms with Crippen LogP contribution < -0.4 is 10.1 Å². The highest BCUT2D eigenvalue weighted by molar-refractivity contribution is 8.26. The number of halogens is 1. The third kappa shape index (κ3) is 4.03. The van der Waals surface area contributed by atoms with E-state index in [1.165, 1.54) is 11.8 Å². The lowest BCUT2D eigenvalue weighted by atomic mass is 10.2. The normalized spacial score (nSPS) is 15.5. The van der Waals surface area contributed by atoms with Crippen LogP contribution in [0.4, 0.5) is 0 Å². The lowest BCUT2D eigenvalue weighted by Crippen LogP contribution is -2.17. The summed E-state index contributed by atoms with van der Waals surface area (Å²) in [6.07, 6.45) is 1.69. The molecule has 0 spiro atoms. The van der Waals surface area contributed by atoms with Crippen molar-refractivity contribution in [3.05, 3.63) is 69.6 Å². The first-order chi connectivity index (χ1) is 11.5. The van der Waals surface area contributed by atoms with Crippen LogP contribution in [-0.4, -0.2) is 16.2 Å². The number of rotatable bonds is 3. The monoisotopic (exact) mass is 375 g/mol. The van der Waals surface area contributed by atoms with Crippen molar-refractivity contribution in [2.75, 3.05) is 0 Å². The van der Waals surface area contributed by atoms with Crippen LogP contribution in [0.5, 0.6) is 5.75 Å². The van der Waals surface area contributed by atoms with E-state index in [9.17, 15) is 9.59 Å². The van der Waals surface area contributed by atoms with Gasteiger partial charge in [-0.2, -0.15) is 0 Å². The molecular weight excluding hydrogens is 366 g/mol. The Morgan fingerprint density at radius 1 is 1.21 bits per heavy atom. The van der Waals surface area contributed by atoms with Gasteiger partial charge in [-0.25, -0.2) is 4.79 Å². The molecule has 24 heavy (non-hydrogen) atoms. The SMILES string of the molecule is O=C1NC(=S)SC1=Cc1cccc(OC(=O)c2ccc(Cl)cc2)c1. The van der Waals surface area contributed by atoms with E-state index in [1.807, 2.05) is 6.07 Å². The van der Waals surface area contributed by atoms with Crippen LogP contribution in [0.25, 0.3) is 6.08 Å². The molecule has 0 bridgehead atoms. The lowest BCUT2D eigenvalue weighted by Gasteiger charge is -2.05. The van der Waals surface area contributed by atoms with E-state index >= 15 is 0 Å². The number of ether oxygens (including phenoxy) is 1. The highest BCUT2D eigenvalue weighted by Crippen LogP contribution is 2.27. The van der Waals surface area contributed by atoms with Gasteiger partial charge in [0, 0.05) is 5.02 Å². The van der Waals surface area contributed by atoms with Gasteiger partial charge in [0.25, 0.3) is 5.91 Å². The molecule has 2 aromatic carbocycles. The van der Waals surface area contributed by atoms with Crippen molar-refractivity contribution in [1.29, 1.82) is 0 Å².